The molecule has 1 amide bonds. The van der Waals surface area contributed by atoms with E-state index < -0.39 is 0 Å². The molecule has 4 atom stereocenters. The molecule has 5 fully saturated rings. The predicted octanol–water partition coefficient (Wildman–Crippen LogP) is 4.39. The van der Waals surface area contributed by atoms with Crippen LogP contribution in [0.5, 0.6) is 5.88 Å². The molecule has 2 bridgehead atoms. The van der Waals surface area contributed by atoms with E-state index in [1.165, 1.54) is 38.5 Å². The van der Waals surface area contributed by atoms with Crippen LogP contribution < -0.4 is 15.4 Å². The lowest BCUT2D eigenvalue weighted by molar-refractivity contribution is -0.113. The van der Waals surface area contributed by atoms with Crippen molar-refractivity contribution in [1.29, 1.82) is 0 Å². The fourth-order valence-electron chi connectivity index (χ4n) is 7.15. The molecular weight excluding hydrogens is 497 g/mol. The third-order valence-corrected chi connectivity index (χ3v) is 9.72. The van der Waals surface area contributed by atoms with Gasteiger partial charge in [0.2, 0.25) is 5.88 Å². The molecule has 0 unspecified atom stereocenters. The highest BCUT2D eigenvalue weighted by Gasteiger charge is 2.56. The first-order chi connectivity index (χ1) is 16.4. The number of carbonyl (C=O) groups excluding carboxylic acids is 1. The molecule has 1 aromatic heterocycles. The van der Waals surface area contributed by atoms with E-state index in [0.717, 1.165) is 51.6 Å². The molecule has 6 rings (SSSR count). The van der Waals surface area contributed by atoms with E-state index in [1.807, 2.05) is 4.68 Å². The zero-order valence-corrected chi connectivity index (χ0v) is 24.0. The maximum atomic E-state index is 13.5. The molecule has 4 saturated carbocycles. The average Bonchev–Trinajstić information content (AvgIpc) is 3.26. The summed E-state index contributed by atoms with van der Waals surface area (Å²) in [5.41, 5.74) is 1.03. The Balaban J connectivity index is 0.00000180. The van der Waals surface area contributed by atoms with Crippen molar-refractivity contribution in [3.63, 3.8) is 0 Å². The average molecular weight is 545 g/mol. The summed E-state index contributed by atoms with van der Waals surface area (Å²) in [4.78, 5) is 15.9. The molecule has 9 heteroatoms. The summed E-state index contributed by atoms with van der Waals surface area (Å²) in [7, 11) is 0. The maximum absolute atomic E-state index is 13.5. The lowest BCUT2D eigenvalue weighted by Crippen LogP contribution is -2.60. The van der Waals surface area contributed by atoms with Gasteiger partial charge in [0.05, 0.1) is 19.3 Å². The van der Waals surface area contributed by atoms with Crippen molar-refractivity contribution in [2.75, 3.05) is 39.3 Å². The molecule has 1 aliphatic heterocycles. The number of hydrogen-bond donors (Lipinski definition) is 2. The largest absolute Gasteiger partial charge is 0.477 e. The zero-order valence-electron chi connectivity index (χ0n) is 22.3. The summed E-state index contributed by atoms with van der Waals surface area (Å²) in [6.07, 6.45) is 10.5. The Kier molecular flexibility index (Phi) is 10.4. The fourth-order valence-corrected chi connectivity index (χ4v) is 7.15. The third kappa shape index (κ3) is 6.16. The molecule has 2 N–H and O–H groups in total. The Morgan fingerprint density at radius 1 is 1.14 bits per heavy atom. The minimum Gasteiger partial charge on any atom is -0.477 e. The van der Waals surface area contributed by atoms with Crippen molar-refractivity contribution in [3.8, 4) is 5.88 Å². The minimum absolute atomic E-state index is 0. The zero-order chi connectivity index (χ0) is 23.7. The van der Waals surface area contributed by atoms with Crippen LogP contribution in [-0.4, -0.2) is 66.0 Å². The second-order valence-corrected chi connectivity index (χ2v) is 12.0. The van der Waals surface area contributed by atoms with Crippen molar-refractivity contribution in [3.05, 3.63) is 11.8 Å². The van der Waals surface area contributed by atoms with Crippen LogP contribution in [0.1, 0.15) is 76.1 Å². The van der Waals surface area contributed by atoms with Crippen molar-refractivity contribution >= 4 is 30.7 Å². The fraction of sp³-hybridized carbons (Fsp3) is 0.852. The Hall–Kier alpha value is -1.02. The summed E-state index contributed by atoms with van der Waals surface area (Å²) < 4.78 is 8.33. The highest BCUT2D eigenvalue weighted by Crippen LogP contribution is 2.61. The van der Waals surface area contributed by atoms with Gasteiger partial charge in [-0.15, -0.1) is 24.8 Å². The smallest absolute Gasteiger partial charge is 0.258 e. The number of nitrogens with one attached hydrogen (secondary N) is 2. The van der Waals surface area contributed by atoms with Crippen LogP contribution in [0.25, 0.3) is 0 Å². The molecule has 0 aromatic carbocycles. The van der Waals surface area contributed by atoms with Gasteiger partial charge in [0.15, 0.2) is 0 Å². The van der Waals surface area contributed by atoms with Crippen LogP contribution >= 0.6 is 24.8 Å². The first-order valence-corrected chi connectivity index (χ1v) is 13.9. The first kappa shape index (κ1) is 29.5. The van der Waals surface area contributed by atoms with Crippen molar-refractivity contribution in [1.82, 2.24) is 25.3 Å². The second kappa shape index (κ2) is 12.7. The Morgan fingerprint density at radius 2 is 1.86 bits per heavy atom. The van der Waals surface area contributed by atoms with Crippen LogP contribution in [0.3, 0.4) is 0 Å². The second-order valence-electron chi connectivity index (χ2n) is 12.0. The van der Waals surface area contributed by atoms with Gasteiger partial charge >= 0.3 is 0 Å². The normalized spacial score (nSPS) is 29.9. The van der Waals surface area contributed by atoms with Crippen LogP contribution in [0, 0.1) is 29.1 Å². The lowest BCUT2D eigenvalue weighted by atomic mass is 9.45. The van der Waals surface area contributed by atoms with Crippen molar-refractivity contribution in [2.24, 2.45) is 29.1 Å². The minimum atomic E-state index is -0.0111. The number of amides is 1. The first-order valence-electron chi connectivity index (χ1n) is 13.9. The summed E-state index contributed by atoms with van der Waals surface area (Å²) in [6, 6.07) is 0.250. The van der Waals surface area contributed by atoms with Crippen LogP contribution in [0.15, 0.2) is 6.20 Å². The van der Waals surface area contributed by atoms with Gasteiger partial charge in [-0.1, -0.05) is 40.0 Å². The Morgan fingerprint density at radius 3 is 2.53 bits per heavy atom. The topological polar surface area (TPSA) is 71.4 Å². The van der Waals surface area contributed by atoms with E-state index in [-0.39, 0.29) is 36.8 Å². The Labute approximate surface area is 229 Å². The predicted molar refractivity (Wildman–Crippen MR) is 149 cm³/mol. The van der Waals surface area contributed by atoms with E-state index in [2.05, 4.69) is 41.4 Å². The van der Waals surface area contributed by atoms with Crippen LogP contribution in [0.4, 0.5) is 0 Å². The number of fused-ring (bicyclic) bond motifs is 2. The summed E-state index contributed by atoms with van der Waals surface area (Å²) in [6.45, 7) is 13.7. The molecule has 2 heterocycles. The molecule has 36 heavy (non-hydrogen) atoms. The van der Waals surface area contributed by atoms with E-state index in [9.17, 15) is 4.79 Å². The number of piperazine rings is 1. The lowest BCUT2D eigenvalue weighted by Gasteiger charge is -2.62. The monoisotopic (exact) mass is 543 g/mol. The molecule has 0 spiro atoms. The number of ether oxygens (including phenoxy) is 1. The van der Waals surface area contributed by atoms with Gasteiger partial charge in [-0.05, 0) is 54.8 Å². The number of nitrogens with zero attached hydrogens (tertiary/aromatic N) is 3. The van der Waals surface area contributed by atoms with E-state index in [0.29, 0.717) is 41.2 Å². The third-order valence-electron chi connectivity index (χ3n) is 9.72. The molecule has 1 aromatic rings. The molecule has 7 nitrogen and oxygen atoms in total. The molecule has 4 aliphatic carbocycles. The number of rotatable bonds is 8. The molecule has 5 aliphatic rings. The maximum Gasteiger partial charge on any atom is 0.258 e. The van der Waals surface area contributed by atoms with Gasteiger partial charge in [-0.3, -0.25) is 9.69 Å². The van der Waals surface area contributed by atoms with Crippen molar-refractivity contribution in [2.45, 2.75) is 78.3 Å². The van der Waals surface area contributed by atoms with Gasteiger partial charge in [0, 0.05) is 38.8 Å². The molecule has 1 saturated heterocycles. The summed E-state index contributed by atoms with van der Waals surface area (Å²) in [5.74, 6) is 3.20. The van der Waals surface area contributed by atoms with Gasteiger partial charge in [0.1, 0.15) is 5.56 Å². The standard InChI is InChI=1S/C27H45N5O2.2ClH/c1-19-23-15-21(27(23,2)3)16-24(19)30-25(33)22-17-29-32(14-13-31-11-9-28-10-12-31)26(22)34-18-20-7-5-4-6-8-20;;/h17,19-21,23-24,28H,4-16,18H2,1-3H3,(H,30,33);2*1H/t19-,21-,23+,24+;;/m1../s1. The number of hydrogen-bond acceptors (Lipinski definition) is 5. The number of halogens is 2. The molecule has 206 valence electrons. The summed E-state index contributed by atoms with van der Waals surface area (Å²) >= 11 is 0. The van der Waals surface area contributed by atoms with E-state index in [1.54, 1.807) is 6.20 Å². The SMILES string of the molecule is C[C@H]1[C@@H](NC(=O)c2cnn(CCN3CCNCC3)c2OCC2CCCCC2)C[C@H]2C[C@@H]1C2(C)C.Cl.Cl. The quantitative estimate of drug-likeness (QED) is 0.508. The molecule has 0 radical (unpaired) electrons. The molecular formula is C27H47Cl2N5O2. The van der Waals surface area contributed by atoms with E-state index in [4.69, 9.17) is 4.74 Å². The van der Waals surface area contributed by atoms with Crippen LogP contribution in [0.2, 0.25) is 0 Å². The number of carbonyl (C=O) groups is 1. The Bertz CT molecular complexity index is 851. The summed E-state index contributed by atoms with van der Waals surface area (Å²) in [5, 5.41) is 11.4. The number of aromatic nitrogens is 2. The van der Waals surface area contributed by atoms with Gasteiger partial charge in [-0.25, -0.2) is 4.68 Å². The van der Waals surface area contributed by atoms with E-state index >= 15 is 0 Å². The van der Waals surface area contributed by atoms with Gasteiger partial charge in [0.25, 0.3) is 5.91 Å². The highest BCUT2D eigenvalue weighted by atomic mass is 35.5. The van der Waals surface area contributed by atoms with Crippen molar-refractivity contribution < 1.29 is 9.53 Å². The highest BCUT2D eigenvalue weighted by molar-refractivity contribution is 5.96. The van der Waals surface area contributed by atoms with Gasteiger partial charge in [-0.2, -0.15) is 5.10 Å². The van der Waals surface area contributed by atoms with Gasteiger partial charge < -0.3 is 15.4 Å². The van der Waals surface area contributed by atoms with Crippen LogP contribution in [-0.2, 0) is 6.54 Å².